The van der Waals surface area contributed by atoms with Crippen molar-refractivity contribution in [3.8, 4) is 0 Å². The lowest BCUT2D eigenvalue weighted by atomic mass is 10.1. The molecular formula is C21H28N4O. The lowest BCUT2D eigenvalue weighted by molar-refractivity contribution is -0.116. The van der Waals surface area contributed by atoms with E-state index in [1.54, 1.807) is 6.20 Å². The monoisotopic (exact) mass is 352 g/mol. The van der Waals surface area contributed by atoms with Crippen LogP contribution in [0.2, 0.25) is 0 Å². The third-order valence-corrected chi connectivity index (χ3v) is 4.70. The fraction of sp³-hybridized carbons (Fsp3) is 0.429. The number of hydrogen-bond donors (Lipinski definition) is 2. The number of piperidine rings is 1. The number of anilines is 1. The molecular weight excluding hydrogens is 324 g/mol. The number of carbonyl (C=O) groups excluding carboxylic acids is 1. The number of nitrogens with zero attached hydrogens (tertiary/aromatic N) is 2. The third-order valence-electron chi connectivity index (χ3n) is 4.70. The second kappa shape index (κ2) is 10.0. The van der Waals surface area contributed by atoms with Crippen molar-refractivity contribution in [2.45, 2.75) is 38.8 Å². The second-order valence-corrected chi connectivity index (χ2v) is 6.82. The van der Waals surface area contributed by atoms with Crippen LogP contribution in [0.4, 0.5) is 5.69 Å². The van der Waals surface area contributed by atoms with Crippen LogP contribution in [0.15, 0.2) is 48.7 Å². The average Bonchev–Trinajstić information content (AvgIpc) is 2.69. The Kier molecular flexibility index (Phi) is 7.16. The van der Waals surface area contributed by atoms with Crippen molar-refractivity contribution in [2.75, 3.05) is 25.0 Å². The minimum Gasteiger partial charge on any atom is -0.326 e. The summed E-state index contributed by atoms with van der Waals surface area (Å²) >= 11 is 0. The van der Waals surface area contributed by atoms with E-state index in [-0.39, 0.29) is 5.91 Å². The molecule has 1 amide bonds. The van der Waals surface area contributed by atoms with E-state index >= 15 is 0 Å². The molecule has 1 aromatic carbocycles. The normalized spacial score (nSPS) is 14.9. The number of nitrogens with one attached hydrogen (secondary N) is 2. The zero-order valence-electron chi connectivity index (χ0n) is 15.3. The number of amides is 1. The number of carbonyl (C=O) groups is 1. The summed E-state index contributed by atoms with van der Waals surface area (Å²) < 4.78 is 0. The number of benzene rings is 1. The van der Waals surface area contributed by atoms with Crippen LogP contribution < -0.4 is 10.6 Å². The highest BCUT2D eigenvalue weighted by atomic mass is 16.1. The van der Waals surface area contributed by atoms with Crippen LogP contribution in [0.3, 0.4) is 0 Å². The first kappa shape index (κ1) is 18.5. The molecule has 0 bridgehead atoms. The fourth-order valence-corrected chi connectivity index (χ4v) is 3.21. The predicted molar refractivity (Wildman–Crippen MR) is 105 cm³/mol. The van der Waals surface area contributed by atoms with Gasteiger partial charge in [0.1, 0.15) is 0 Å². The Morgan fingerprint density at radius 1 is 1.00 bits per heavy atom. The first-order valence-electron chi connectivity index (χ1n) is 9.51. The maximum Gasteiger partial charge on any atom is 0.225 e. The molecule has 2 heterocycles. The molecule has 26 heavy (non-hydrogen) atoms. The number of hydrogen-bond acceptors (Lipinski definition) is 4. The van der Waals surface area contributed by atoms with Crippen LogP contribution in [0.1, 0.15) is 36.9 Å². The zero-order valence-corrected chi connectivity index (χ0v) is 15.3. The second-order valence-electron chi connectivity index (χ2n) is 6.82. The van der Waals surface area contributed by atoms with Crippen molar-refractivity contribution < 1.29 is 4.79 Å². The molecule has 3 rings (SSSR count). The number of pyridine rings is 1. The van der Waals surface area contributed by atoms with Gasteiger partial charge in [-0.05, 0) is 55.8 Å². The highest BCUT2D eigenvalue weighted by molar-refractivity contribution is 5.90. The molecule has 1 saturated heterocycles. The molecule has 0 spiro atoms. The lowest BCUT2D eigenvalue weighted by Gasteiger charge is -2.25. The van der Waals surface area contributed by atoms with E-state index in [0.29, 0.717) is 6.42 Å². The molecule has 0 saturated carbocycles. The molecule has 0 radical (unpaired) electrons. The summed E-state index contributed by atoms with van der Waals surface area (Å²) in [5.74, 6) is 0.0941. The van der Waals surface area contributed by atoms with Gasteiger partial charge in [0.25, 0.3) is 0 Å². The quantitative estimate of drug-likeness (QED) is 0.766. The molecule has 2 aromatic rings. The summed E-state index contributed by atoms with van der Waals surface area (Å²) in [5, 5.41) is 6.37. The molecule has 0 atom stereocenters. The molecule has 1 fully saturated rings. The molecule has 0 aliphatic carbocycles. The van der Waals surface area contributed by atoms with Gasteiger partial charge in [-0.2, -0.15) is 0 Å². The zero-order chi connectivity index (χ0) is 18.0. The van der Waals surface area contributed by atoms with Crippen molar-refractivity contribution in [1.82, 2.24) is 15.2 Å². The van der Waals surface area contributed by atoms with Crippen molar-refractivity contribution >= 4 is 11.6 Å². The summed E-state index contributed by atoms with van der Waals surface area (Å²) in [7, 11) is 0. The smallest absolute Gasteiger partial charge is 0.225 e. The summed E-state index contributed by atoms with van der Waals surface area (Å²) in [6.07, 6.45) is 6.22. The predicted octanol–water partition coefficient (Wildman–Crippen LogP) is 3.19. The summed E-state index contributed by atoms with van der Waals surface area (Å²) in [5.41, 5.74) is 3.08. The van der Waals surface area contributed by atoms with Crippen LogP contribution in [0.25, 0.3) is 0 Å². The van der Waals surface area contributed by atoms with Gasteiger partial charge in [0.15, 0.2) is 0 Å². The van der Waals surface area contributed by atoms with Gasteiger partial charge in [-0.25, -0.2) is 0 Å². The lowest BCUT2D eigenvalue weighted by Crippen LogP contribution is -2.32. The average molecular weight is 352 g/mol. The van der Waals surface area contributed by atoms with Gasteiger partial charge in [0.2, 0.25) is 5.91 Å². The van der Waals surface area contributed by atoms with E-state index in [9.17, 15) is 4.79 Å². The van der Waals surface area contributed by atoms with Gasteiger partial charge in [-0.1, -0.05) is 24.6 Å². The Labute approximate surface area is 155 Å². The van der Waals surface area contributed by atoms with Crippen LogP contribution in [-0.2, 0) is 17.9 Å². The SMILES string of the molecule is O=C(CCN1CCCCC1)Nc1ccc(CNCc2ccccn2)cc1. The van der Waals surface area contributed by atoms with E-state index in [1.165, 1.54) is 24.8 Å². The Morgan fingerprint density at radius 3 is 2.54 bits per heavy atom. The van der Waals surface area contributed by atoms with Gasteiger partial charge < -0.3 is 15.5 Å². The largest absolute Gasteiger partial charge is 0.326 e. The molecule has 1 aromatic heterocycles. The van der Waals surface area contributed by atoms with Crippen molar-refractivity contribution in [3.05, 3.63) is 59.9 Å². The fourth-order valence-electron chi connectivity index (χ4n) is 3.21. The van der Waals surface area contributed by atoms with E-state index in [0.717, 1.165) is 44.1 Å². The number of rotatable bonds is 8. The van der Waals surface area contributed by atoms with E-state index in [2.05, 4.69) is 20.5 Å². The maximum absolute atomic E-state index is 12.1. The third kappa shape index (κ3) is 6.24. The van der Waals surface area contributed by atoms with E-state index < -0.39 is 0 Å². The summed E-state index contributed by atoms with van der Waals surface area (Å²) in [6, 6.07) is 14.0. The molecule has 138 valence electrons. The molecule has 5 heteroatoms. The van der Waals surface area contributed by atoms with Gasteiger partial charge >= 0.3 is 0 Å². The van der Waals surface area contributed by atoms with Gasteiger partial charge in [-0.3, -0.25) is 9.78 Å². The minimum absolute atomic E-state index is 0.0941. The first-order valence-corrected chi connectivity index (χ1v) is 9.51. The molecule has 2 N–H and O–H groups in total. The highest BCUT2D eigenvalue weighted by Gasteiger charge is 2.11. The standard InChI is InChI=1S/C21H28N4O/c26-21(11-15-25-13-4-1-5-14-25)24-19-9-7-18(8-10-19)16-22-17-20-6-2-3-12-23-20/h2-3,6-10,12,22H,1,4-5,11,13-17H2,(H,24,26). The van der Waals surface area contributed by atoms with Crippen LogP contribution in [-0.4, -0.2) is 35.4 Å². The van der Waals surface area contributed by atoms with Crippen LogP contribution in [0.5, 0.6) is 0 Å². The highest BCUT2D eigenvalue weighted by Crippen LogP contribution is 2.12. The first-order chi connectivity index (χ1) is 12.8. The maximum atomic E-state index is 12.1. The minimum atomic E-state index is 0.0941. The van der Waals surface area contributed by atoms with E-state index in [4.69, 9.17) is 0 Å². The summed E-state index contributed by atoms with van der Waals surface area (Å²) in [6.45, 7) is 4.65. The molecule has 1 aliphatic rings. The van der Waals surface area contributed by atoms with E-state index in [1.807, 2.05) is 42.5 Å². The van der Waals surface area contributed by atoms with Crippen LogP contribution >= 0.6 is 0 Å². The Balaban J connectivity index is 1.37. The van der Waals surface area contributed by atoms with Crippen molar-refractivity contribution in [1.29, 1.82) is 0 Å². The molecule has 0 unspecified atom stereocenters. The Bertz CT molecular complexity index is 666. The van der Waals surface area contributed by atoms with Gasteiger partial charge in [0.05, 0.1) is 5.69 Å². The number of likely N-dealkylation sites (tertiary alicyclic amines) is 1. The van der Waals surface area contributed by atoms with Crippen LogP contribution in [0, 0.1) is 0 Å². The summed E-state index contributed by atoms with van der Waals surface area (Å²) in [4.78, 5) is 18.8. The van der Waals surface area contributed by atoms with Crippen molar-refractivity contribution in [2.24, 2.45) is 0 Å². The van der Waals surface area contributed by atoms with Crippen molar-refractivity contribution in [3.63, 3.8) is 0 Å². The van der Waals surface area contributed by atoms with Gasteiger partial charge in [-0.15, -0.1) is 0 Å². The molecule has 5 nitrogen and oxygen atoms in total. The number of aromatic nitrogens is 1. The Morgan fingerprint density at radius 2 is 1.81 bits per heavy atom. The van der Waals surface area contributed by atoms with Gasteiger partial charge in [0, 0.05) is 37.9 Å². The molecule has 1 aliphatic heterocycles. The topological polar surface area (TPSA) is 57.3 Å². The Hall–Kier alpha value is -2.24.